The second-order valence-electron chi connectivity index (χ2n) is 10.0. The first-order valence-electron chi connectivity index (χ1n) is 13.2. The lowest BCUT2D eigenvalue weighted by atomic mass is 9.78. The average molecular weight is 544 g/mol. The summed E-state index contributed by atoms with van der Waals surface area (Å²) in [5, 5.41) is 10.2. The largest absolute Gasteiger partial charge is 0.497 e. The molecule has 1 aromatic carbocycles. The van der Waals surface area contributed by atoms with Crippen LogP contribution < -0.4 is 4.74 Å². The summed E-state index contributed by atoms with van der Waals surface area (Å²) in [7, 11) is 3.23. The molecule has 1 aromatic rings. The molecule has 2 fully saturated rings. The van der Waals surface area contributed by atoms with Crippen LogP contribution in [0.25, 0.3) is 0 Å². The van der Waals surface area contributed by atoms with E-state index in [9.17, 15) is 14.7 Å². The topological polar surface area (TPSA) is 85.3 Å². The normalized spacial score (nSPS) is 26.1. The van der Waals surface area contributed by atoms with Crippen LogP contribution in [0.5, 0.6) is 5.75 Å². The molecule has 1 N–H and O–H groups in total. The van der Waals surface area contributed by atoms with Gasteiger partial charge in [0.25, 0.3) is 5.24 Å². The van der Waals surface area contributed by atoms with Gasteiger partial charge in [-0.1, -0.05) is 41.6 Å². The van der Waals surface area contributed by atoms with E-state index in [1.54, 1.807) is 14.2 Å². The fourth-order valence-electron chi connectivity index (χ4n) is 5.57. The highest BCUT2D eigenvalue weighted by molar-refractivity contribution is 8.13. The summed E-state index contributed by atoms with van der Waals surface area (Å²) in [5.41, 5.74) is 2.26. The van der Waals surface area contributed by atoms with Gasteiger partial charge in [0.2, 0.25) is 0 Å². The Morgan fingerprint density at radius 1 is 1.24 bits per heavy atom. The molecule has 2 aliphatic heterocycles. The summed E-state index contributed by atoms with van der Waals surface area (Å²) in [6.07, 6.45) is 8.32. The number of methoxy groups -OCH3 is 2. The van der Waals surface area contributed by atoms with E-state index in [1.165, 1.54) is 11.8 Å². The standard InChI is InChI=1S/C30H41NO6S/c1-6-8-10-12-25-17-23(27(28(32)33)21(3)11-9-7-2)18-30(36-5,37-25)26-20-38-29(34)31(26)19-22-13-15-24(35-4)16-14-22/h6-7,13-16,23,25-26H,1-2,8-12,17-20H2,3-5H3,(H,32,33)/t23-,25-,26+,30-/m1/s1. The van der Waals surface area contributed by atoms with Gasteiger partial charge in [-0.15, -0.1) is 13.2 Å². The summed E-state index contributed by atoms with van der Waals surface area (Å²) in [6.45, 7) is 9.91. The number of carbonyl (C=O) groups is 2. The van der Waals surface area contributed by atoms with Gasteiger partial charge in [0.05, 0.1) is 19.3 Å². The molecule has 0 bridgehead atoms. The highest BCUT2D eigenvalue weighted by Crippen LogP contribution is 2.46. The molecule has 0 spiro atoms. The van der Waals surface area contributed by atoms with Crippen molar-refractivity contribution in [3.05, 3.63) is 66.3 Å². The highest BCUT2D eigenvalue weighted by Gasteiger charge is 2.54. The van der Waals surface area contributed by atoms with Crippen LogP contribution in [0.15, 0.2) is 60.7 Å². The molecule has 2 aliphatic rings. The average Bonchev–Trinajstić information content (AvgIpc) is 3.28. The molecule has 0 aromatic heterocycles. The monoisotopic (exact) mass is 543 g/mol. The summed E-state index contributed by atoms with van der Waals surface area (Å²) >= 11 is 1.25. The van der Waals surface area contributed by atoms with E-state index >= 15 is 0 Å². The number of carbonyl (C=O) groups excluding carboxylic acids is 1. The zero-order valence-corrected chi connectivity index (χ0v) is 23.6. The van der Waals surface area contributed by atoms with Gasteiger partial charge in [0.1, 0.15) is 5.75 Å². The van der Waals surface area contributed by atoms with Crippen LogP contribution >= 0.6 is 11.8 Å². The van der Waals surface area contributed by atoms with Gasteiger partial charge in [-0.3, -0.25) is 4.79 Å². The molecule has 208 valence electrons. The molecule has 7 nitrogen and oxygen atoms in total. The minimum absolute atomic E-state index is 0.0349. The molecule has 0 aliphatic carbocycles. The zero-order chi connectivity index (χ0) is 27.7. The van der Waals surface area contributed by atoms with Crippen molar-refractivity contribution in [2.45, 2.75) is 76.3 Å². The minimum atomic E-state index is -1.12. The van der Waals surface area contributed by atoms with Crippen molar-refractivity contribution in [2.75, 3.05) is 20.0 Å². The van der Waals surface area contributed by atoms with Crippen molar-refractivity contribution < 1.29 is 28.9 Å². The first-order chi connectivity index (χ1) is 18.3. The van der Waals surface area contributed by atoms with Crippen LogP contribution in [-0.2, 0) is 20.8 Å². The Labute approximate surface area is 230 Å². The Morgan fingerprint density at radius 3 is 2.55 bits per heavy atom. The van der Waals surface area contributed by atoms with Crippen molar-refractivity contribution in [3.63, 3.8) is 0 Å². The second kappa shape index (κ2) is 14.0. The molecule has 0 radical (unpaired) electrons. The van der Waals surface area contributed by atoms with Crippen molar-refractivity contribution >= 4 is 23.0 Å². The number of unbranched alkanes of at least 4 members (excludes halogenated alkanes) is 1. The van der Waals surface area contributed by atoms with Crippen molar-refractivity contribution in [2.24, 2.45) is 5.92 Å². The molecular formula is C30H41NO6S. The van der Waals surface area contributed by atoms with E-state index < -0.39 is 11.8 Å². The number of thioether (sulfide) groups is 1. The first kappa shape index (κ1) is 30.0. The third kappa shape index (κ3) is 7.10. The van der Waals surface area contributed by atoms with Crippen LogP contribution in [0.4, 0.5) is 4.79 Å². The molecule has 8 heteroatoms. The number of hydrogen-bond donors (Lipinski definition) is 1. The summed E-state index contributed by atoms with van der Waals surface area (Å²) in [4.78, 5) is 27.4. The highest BCUT2D eigenvalue weighted by atomic mass is 32.2. The molecule has 38 heavy (non-hydrogen) atoms. The number of hydrogen-bond acceptors (Lipinski definition) is 6. The van der Waals surface area contributed by atoms with Crippen LogP contribution in [0.1, 0.15) is 57.4 Å². The minimum Gasteiger partial charge on any atom is -0.497 e. The van der Waals surface area contributed by atoms with Gasteiger partial charge in [0.15, 0.2) is 5.79 Å². The number of amides is 1. The maximum absolute atomic E-state index is 13.1. The van der Waals surface area contributed by atoms with Gasteiger partial charge in [-0.2, -0.15) is 0 Å². The molecule has 4 atom stereocenters. The van der Waals surface area contributed by atoms with E-state index in [1.807, 2.05) is 48.2 Å². The molecule has 0 unspecified atom stereocenters. The smallest absolute Gasteiger partial charge is 0.331 e. The van der Waals surface area contributed by atoms with E-state index in [2.05, 4.69) is 13.2 Å². The Kier molecular flexibility index (Phi) is 11.1. The van der Waals surface area contributed by atoms with Crippen LogP contribution in [0.2, 0.25) is 0 Å². The number of benzene rings is 1. The Balaban J connectivity index is 1.97. The van der Waals surface area contributed by atoms with Crippen molar-refractivity contribution in [3.8, 4) is 5.75 Å². The molecule has 1 amide bonds. The Bertz CT molecular complexity index is 1020. The number of nitrogens with zero attached hydrogens (tertiary/aromatic N) is 1. The third-order valence-corrected chi connectivity index (χ3v) is 8.51. The molecule has 2 saturated heterocycles. The maximum Gasteiger partial charge on any atom is 0.331 e. The molecular weight excluding hydrogens is 502 g/mol. The van der Waals surface area contributed by atoms with Crippen LogP contribution in [0.3, 0.4) is 0 Å². The fourth-order valence-corrected chi connectivity index (χ4v) is 6.66. The summed E-state index contributed by atoms with van der Waals surface area (Å²) < 4.78 is 18.2. The molecule has 3 rings (SSSR count). The molecule has 0 saturated carbocycles. The fraction of sp³-hybridized carbons (Fsp3) is 0.533. The number of carboxylic acid groups (broad SMARTS) is 1. The lowest BCUT2D eigenvalue weighted by molar-refractivity contribution is -0.297. The van der Waals surface area contributed by atoms with Crippen molar-refractivity contribution in [1.29, 1.82) is 0 Å². The van der Waals surface area contributed by atoms with Gasteiger partial charge in [-0.05, 0) is 69.1 Å². The first-order valence-corrected chi connectivity index (χ1v) is 14.2. The predicted octanol–water partition coefficient (Wildman–Crippen LogP) is 6.59. The molecule has 2 heterocycles. The van der Waals surface area contributed by atoms with E-state index in [-0.39, 0.29) is 23.3 Å². The van der Waals surface area contributed by atoms with E-state index in [0.717, 1.165) is 36.1 Å². The van der Waals surface area contributed by atoms with Crippen LogP contribution in [0, 0.1) is 5.92 Å². The predicted molar refractivity (Wildman–Crippen MR) is 151 cm³/mol. The lowest BCUT2D eigenvalue weighted by Gasteiger charge is -2.49. The quantitative estimate of drug-likeness (QED) is 0.161. The van der Waals surface area contributed by atoms with Crippen molar-refractivity contribution in [1.82, 2.24) is 4.90 Å². The van der Waals surface area contributed by atoms with Gasteiger partial charge < -0.3 is 24.2 Å². The summed E-state index contributed by atoms with van der Waals surface area (Å²) in [5.74, 6) is -1.02. The third-order valence-electron chi connectivity index (χ3n) is 7.54. The number of carboxylic acids is 1. The Hall–Kier alpha value is -2.55. The lowest BCUT2D eigenvalue weighted by Crippen LogP contribution is -2.59. The number of aliphatic carboxylic acids is 1. The second-order valence-corrected chi connectivity index (χ2v) is 11.0. The SMILES string of the molecule is C=CCCC[C@@H]1C[C@@H](C(C(=O)O)=C(C)CCC=C)C[C@](OC)([C@@H]2CSC(=O)N2Cc2ccc(OC)cc2)O1. The van der Waals surface area contributed by atoms with E-state index in [0.29, 0.717) is 43.6 Å². The van der Waals surface area contributed by atoms with E-state index in [4.69, 9.17) is 14.2 Å². The number of ether oxygens (including phenoxy) is 3. The number of allylic oxidation sites excluding steroid dienone is 3. The Morgan fingerprint density at radius 2 is 1.95 bits per heavy atom. The number of rotatable bonds is 14. The van der Waals surface area contributed by atoms with Gasteiger partial charge in [-0.25, -0.2) is 4.79 Å². The maximum atomic E-state index is 13.1. The van der Waals surface area contributed by atoms with Gasteiger partial charge in [0, 0.05) is 31.4 Å². The zero-order valence-electron chi connectivity index (χ0n) is 22.8. The van der Waals surface area contributed by atoms with Crippen LogP contribution in [-0.4, -0.2) is 59.1 Å². The summed E-state index contributed by atoms with van der Waals surface area (Å²) in [6, 6.07) is 7.29. The van der Waals surface area contributed by atoms with Gasteiger partial charge >= 0.3 is 5.97 Å².